The van der Waals surface area contributed by atoms with Crippen LogP contribution in [-0.4, -0.2) is 26.5 Å². The van der Waals surface area contributed by atoms with Crippen molar-refractivity contribution in [2.24, 2.45) is 5.92 Å². The van der Waals surface area contributed by atoms with E-state index < -0.39 is 10.0 Å². The summed E-state index contributed by atoms with van der Waals surface area (Å²) in [5, 5.41) is 3.13. The van der Waals surface area contributed by atoms with Gasteiger partial charge in [-0.15, -0.1) is 0 Å². The zero-order chi connectivity index (χ0) is 15.1. The summed E-state index contributed by atoms with van der Waals surface area (Å²) in [5.74, 6) is 0.793. The Hall–Kier alpha value is -1.14. The number of hydrogen-bond donors (Lipinski definition) is 2. The fourth-order valence-electron chi connectivity index (χ4n) is 2.89. The number of aromatic nitrogens is 1. The highest BCUT2D eigenvalue weighted by atomic mass is 32.2. The van der Waals surface area contributed by atoms with Gasteiger partial charge < -0.3 is 5.32 Å². The Balaban J connectivity index is 1.88. The van der Waals surface area contributed by atoms with E-state index in [4.69, 9.17) is 0 Å². The molecule has 6 heteroatoms. The third-order valence-corrected chi connectivity index (χ3v) is 5.37. The van der Waals surface area contributed by atoms with Gasteiger partial charge in [0.2, 0.25) is 0 Å². The highest BCUT2D eigenvalue weighted by molar-refractivity contribution is 7.89. The smallest absolute Gasteiger partial charge is 0.260 e. The van der Waals surface area contributed by atoms with Crippen molar-refractivity contribution in [3.05, 3.63) is 18.3 Å². The third-order valence-electron chi connectivity index (χ3n) is 3.95. The van der Waals surface area contributed by atoms with E-state index in [1.54, 1.807) is 12.1 Å². The largest absolute Gasteiger partial charge is 0.383 e. The van der Waals surface area contributed by atoms with Crippen LogP contribution in [-0.2, 0) is 10.0 Å². The third kappa shape index (κ3) is 4.68. The summed E-state index contributed by atoms with van der Waals surface area (Å²) in [6.07, 6.45) is 8.79. The first-order valence-electron chi connectivity index (χ1n) is 7.82. The number of sulfonamides is 1. The number of nitrogens with one attached hydrogen (secondary N) is 2. The molecule has 0 atom stereocenters. The van der Waals surface area contributed by atoms with Gasteiger partial charge >= 0.3 is 0 Å². The lowest BCUT2D eigenvalue weighted by atomic mass is 10.0. The summed E-state index contributed by atoms with van der Waals surface area (Å²) in [4.78, 5) is 4.01. The van der Waals surface area contributed by atoms with E-state index in [1.807, 2.05) is 6.92 Å². The molecule has 0 radical (unpaired) electrons. The predicted molar refractivity (Wildman–Crippen MR) is 84.8 cm³/mol. The molecule has 1 fully saturated rings. The zero-order valence-electron chi connectivity index (χ0n) is 12.6. The molecule has 1 heterocycles. The van der Waals surface area contributed by atoms with E-state index in [0.29, 0.717) is 18.8 Å². The van der Waals surface area contributed by atoms with Gasteiger partial charge in [0.25, 0.3) is 10.0 Å². The van der Waals surface area contributed by atoms with Gasteiger partial charge in [0.15, 0.2) is 5.03 Å². The van der Waals surface area contributed by atoms with E-state index in [0.717, 1.165) is 18.8 Å². The molecule has 1 aromatic heterocycles. The Morgan fingerprint density at radius 2 is 2.10 bits per heavy atom. The molecule has 0 bridgehead atoms. The van der Waals surface area contributed by atoms with Crippen LogP contribution in [0.5, 0.6) is 0 Å². The topological polar surface area (TPSA) is 71.1 Å². The predicted octanol–water partition coefficient (Wildman–Crippen LogP) is 2.76. The Bertz CT molecular complexity index is 540. The standard InChI is InChI=1S/C15H25N3O2S/c1-2-16-14-10-6-11-17-15(14)21(19,20)18-12-5-9-13-7-3-4-8-13/h6,10-11,13,16,18H,2-5,7-9,12H2,1H3. The first-order valence-corrected chi connectivity index (χ1v) is 9.30. The van der Waals surface area contributed by atoms with E-state index in [1.165, 1.54) is 31.9 Å². The second-order valence-corrected chi connectivity index (χ2v) is 7.26. The van der Waals surface area contributed by atoms with Crippen LogP contribution in [0.2, 0.25) is 0 Å². The summed E-state index contributed by atoms with van der Waals surface area (Å²) in [7, 11) is -3.53. The summed E-state index contributed by atoms with van der Waals surface area (Å²) in [5.41, 5.74) is 0.559. The van der Waals surface area contributed by atoms with Crippen molar-refractivity contribution in [1.82, 2.24) is 9.71 Å². The van der Waals surface area contributed by atoms with E-state index in [-0.39, 0.29) is 5.03 Å². The Morgan fingerprint density at radius 1 is 1.33 bits per heavy atom. The van der Waals surface area contributed by atoms with Crippen LogP contribution in [0.3, 0.4) is 0 Å². The number of nitrogens with zero attached hydrogens (tertiary/aromatic N) is 1. The lowest BCUT2D eigenvalue weighted by Crippen LogP contribution is -2.27. The number of rotatable bonds is 8. The minimum Gasteiger partial charge on any atom is -0.383 e. The van der Waals surface area contributed by atoms with Gasteiger partial charge in [-0.1, -0.05) is 25.7 Å². The lowest BCUT2D eigenvalue weighted by molar-refractivity contribution is 0.480. The molecule has 118 valence electrons. The maximum absolute atomic E-state index is 12.3. The molecule has 0 saturated heterocycles. The van der Waals surface area contributed by atoms with Gasteiger partial charge in [0.1, 0.15) is 0 Å². The molecule has 1 aliphatic rings. The molecule has 5 nitrogen and oxygen atoms in total. The van der Waals surface area contributed by atoms with Gasteiger partial charge in [-0.2, -0.15) is 0 Å². The molecule has 0 amide bonds. The maximum Gasteiger partial charge on any atom is 0.260 e. The highest BCUT2D eigenvalue weighted by Gasteiger charge is 2.20. The second-order valence-electron chi connectivity index (χ2n) is 5.58. The average molecular weight is 311 g/mol. The molecule has 2 rings (SSSR count). The van der Waals surface area contributed by atoms with Crippen molar-refractivity contribution in [2.45, 2.75) is 50.5 Å². The number of pyridine rings is 1. The Labute approximate surface area is 127 Å². The van der Waals surface area contributed by atoms with E-state index in [9.17, 15) is 8.42 Å². The van der Waals surface area contributed by atoms with Crippen molar-refractivity contribution < 1.29 is 8.42 Å². The Morgan fingerprint density at radius 3 is 2.81 bits per heavy atom. The summed E-state index contributed by atoms with van der Waals surface area (Å²) >= 11 is 0. The molecule has 1 aliphatic carbocycles. The van der Waals surface area contributed by atoms with Crippen LogP contribution in [0.1, 0.15) is 45.4 Å². The van der Waals surface area contributed by atoms with Crippen LogP contribution in [0, 0.1) is 5.92 Å². The number of anilines is 1. The molecule has 1 saturated carbocycles. The molecule has 1 aromatic rings. The van der Waals surface area contributed by atoms with Gasteiger partial charge in [-0.05, 0) is 37.8 Å². The van der Waals surface area contributed by atoms with Gasteiger partial charge in [0, 0.05) is 19.3 Å². The minimum absolute atomic E-state index is 0.0905. The average Bonchev–Trinajstić information content (AvgIpc) is 2.98. The highest BCUT2D eigenvalue weighted by Crippen LogP contribution is 2.28. The molecule has 0 spiro atoms. The molecule has 0 aliphatic heterocycles. The first-order chi connectivity index (χ1) is 10.1. The maximum atomic E-state index is 12.3. The van der Waals surface area contributed by atoms with Crippen LogP contribution < -0.4 is 10.0 Å². The fourth-order valence-corrected chi connectivity index (χ4v) is 4.07. The minimum atomic E-state index is -3.53. The van der Waals surface area contributed by atoms with Gasteiger partial charge in [-0.25, -0.2) is 18.1 Å². The van der Waals surface area contributed by atoms with Crippen molar-refractivity contribution in [3.8, 4) is 0 Å². The molecule has 21 heavy (non-hydrogen) atoms. The zero-order valence-corrected chi connectivity index (χ0v) is 13.5. The Kier molecular flexibility index (Phi) is 5.99. The van der Waals surface area contributed by atoms with Crippen LogP contribution >= 0.6 is 0 Å². The van der Waals surface area contributed by atoms with Crippen molar-refractivity contribution in [2.75, 3.05) is 18.4 Å². The normalized spacial score (nSPS) is 16.2. The van der Waals surface area contributed by atoms with Crippen molar-refractivity contribution in [3.63, 3.8) is 0 Å². The van der Waals surface area contributed by atoms with Gasteiger partial charge in [0.05, 0.1) is 5.69 Å². The van der Waals surface area contributed by atoms with Crippen LogP contribution in [0.25, 0.3) is 0 Å². The quantitative estimate of drug-likeness (QED) is 0.724. The van der Waals surface area contributed by atoms with Crippen LogP contribution in [0.4, 0.5) is 5.69 Å². The van der Waals surface area contributed by atoms with E-state index >= 15 is 0 Å². The lowest BCUT2D eigenvalue weighted by Gasteiger charge is -2.12. The summed E-state index contributed by atoms with van der Waals surface area (Å²) < 4.78 is 27.3. The van der Waals surface area contributed by atoms with Crippen molar-refractivity contribution in [1.29, 1.82) is 0 Å². The van der Waals surface area contributed by atoms with Crippen molar-refractivity contribution >= 4 is 15.7 Å². The molecular formula is C15H25N3O2S. The summed E-state index contributed by atoms with van der Waals surface area (Å²) in [6, 6.07) is 3.47. The molecular weight excluding hydrogens is 286 g/mol. The van der Waals surface area contributed by atoms with E-state index in [2.05, 4.69) is 15.0 Å². The first kappa shape index (κ1) is 16.2. The number of hydrogen-bond acceptors (Lipinski definition) is 4. The molecule has 0 unspecified atom stereocenters. The monoisotopic (exact) mass is 311 g/mol. The second kappa shape index (κ2) is 7.75. The SMILES string of the molecule is CCNc1cccnc1S(=O)(=O)NCCCC1CCCC1. The fraction of sp³-hybridized carbons (Fsp3) is 0.667. The molecule has 0 aromatic carbocycles. The summed E-state index contributed by atoms with van der Waals surface area (Å²) in [6.45, 7) is 3.08. The molecule has 2 N–H and O–H groups in total. The van der Waals surface area contributed by atoms with Crippen LogP contribution in [0.15, 0.2) is 23.4 Å². The van der Waals surface area contributed by atoms with Gasteiger partial charge in [-0.3, -0.25) is 0 Å².